The van der Waals surface area contributed by atoms with Gasteiger partial charge in [0, 0.05) is 19.4 Å². The van der Waals surface area contributed by atoms with Gasteiger partial charge in [0.25, 0.3) is 0 Å². The third kappa shape index (κ3) is 3.17. The van der Waals surface area contributed by atoms with E-state index in [1.54, 1.807) is 12.4 Å². The molecule has 0 fully saturated rings. The lowest BCUT2D eigenvalue weighted by Crippen LogP contribution is -2.31. The van der Waals surface area contributed by atoms with E-state index in [9.17, 15) is 13.2 Å². The van der Waals surface area contributed by atoms with Crippen LogP contribution in [0.25, 0.3) is 0 Å². The lowest BCUT2D eigenvalue weighted by Gasteiger charge is -2.16. The van der Waals surface area contributed by atoms with Gasteiger partial charge in [-0.05, 0) is 24.1 Å². The molecule has 1 unspecified atom stereocenters. The zero-order valence-electron chi connectivity index (χ0n) is 10.9. The molecular formula is C13H15F3N4. The maximum Gasteiger partial charge on any atom is 0.416 e. The number of hydrogen-bond donors (Lipinski definition) is 2. The third-order valence-corrected chi connectivity index (χ3v) is 3.09. The van der Waals surface area contributed by atoms with Crippen LogP contribution in [0.5, 0.6) is 0 Å². The van der Waals surface area contributed by atoms with Crippen molar-refractivity contribution >= 4 is 0 Å². The summed E-state index contributed by atoms with van der Waals surface area (Å²) in [5, 5.41) is 0. The Labute approximate surface area is 114 Å². The highest BCUT2D eigenvalue weighted by atomic mass is 19.4. The first-order chi connectivity index (χ1) is 9.41. The Morgan fingerprint density at radius 1 is 1.30 bits per heavy atom. The zero-order chi connectivity index (χ0) is 14.8. The molecule has 1 aromatic carbocycles. The molecule has 3 N–H and O–H groups in total. The lowest BCUT2D eigenvalue weighted by molar-refractivity contribution is -0.137. The van der Waals surface area contributed by atoms with Gasteiger partial charge in [0.2, 0.25) is 0 Å². The molecule has 0 aliphatic heterocycles. The molecule has 0 spiro atoms. The molecule has 1 aromatic heterocycles. The maximum absolute atomic E-state index is 12.5. The summed E-state index contributed by atoms with van der Waals surface area (Å²) >= 11 is 0. The number of hydrogen-bond acceptors (Lipinski definition) is 3. The molecule has 1 atom stereocenters. The summed E-state index contributed by atoms with van der Waals surface area (Å²) < 4.78 is 39.3. The van der Waals surface area contributed by atoms with Crippen LogP contribution in [-0.4, -0.2) is 9.55 Å². The molecule has 0 aliphatic rings. The first-order valence-electron chi connectivity index (χ1n) is 6.01. The number of nitrogens with two attached hydrogens (primary N) is 1. The van der Waals surface area contributed by atoms with Crippen LogP contribution < -0.4 is 11.3 Å². The molecule has 2 aromatic rings. The fourth-order valence-electron chi connectivity index (χ4n) is 2.00. The van der Waals surface area contributed by atoms with Crippen molar-refractivity contribution < 1.29 is 13.2 Å². The Morgan fingerprint density at radius 3 is 2.40 bits per heavy atom. The van der Waals surface area contributed by atoms with Crippen molar-refractivity contribution in [1.82, 2.24) is 15.0 Å². The van der Waals surface area contributed by atoms with Gasteiger partial charge >= 0.3 is 6.18 Å². The molecule has 0 amide bonds. The number of aromatic nitrogens is 2. The van der Waals surface area contributed by atoms with Crippen LogP contribution in [0.3, 0.4) is 0 Å². The molecule has 0 radical (unpaired) electrons. The van der Waals surface area contributed by atoms with Gasteiger partial charge in [0.05, 0.1) is 11.6 Å². The molecule has 0 saturated heterocycles. The fraction of sp³-hybridized carbons (Fsp3) is 0.308. The van der Waals surface area contributed by atoms with Crippen molar-refractivity contribution in [2.24, 2.45) is 12.9 Å². The Bertz CT molecular complexity index is 560. The molecule has 20 heavy (non-hydrogen) atoms. The van der Waals surface area contributed by atoms with Crippen LogP contribution in [0, 0.1) is 0 Å². The number of aryl methyl sites for hydroxylation is 1. The minimum Gasteiger partial charge on any atom is -0.337 e. The molecule has 0 aliphatic carbocycles. The van der Waals surface area contributed by atoms with Crippen molar-refractivity contribution in [2.75, 3.05) is 0 Å². The zero-order valence-corrected chi connectivity index (χ0v) is 10.9. The van der Waals surface area contributed by atoms with Crippen molar-refractivity contribution in [3.8, 4) is 0 Å². The first-order valence-corrected chi connectivity index (χ1v) is 6.01. The molecule has 4 nitrogen and oxygen atoms in total. The molecular weight excluding hydrogens is 269 g/mol. The van der Waals surface area contributed by atoms with Crippen molar-refractivity contribution in [3.05, 3.63) is 53.6 Å². The number of nitrogens with one attached hydrogen (secondary N) is 1. The molecule has 7 heteroatoms. The molecule has 2 rings (SSSR count). The number of rotatable bonds is 4. The second kappa shape index (κ2) is 5.64. The van der Waals surface area contributed by atoms with Gasteiger partial charge in [-0.15, -0.1) is 0 Å². The van der Waals surface area contributed by atoms with Gasteiger partial charge in [-0.25, -0.2) is 10.4 Å². The Balaban J connectivity index is 2.15. The molecule has 108 valence electrons. The van der Waals surface area contributed by atoms with Gasteiger partial charge in [0.15, 0.2) is 0 Å². The second-order valence-corrected chi connectivity index (χ2v) is 4.51. The predicted octanol–water partition coefficient (Wildman–Crippen LogP) is 2.19. The molecule has 1 heterocycles. The topological polar surface area (TPSA) is 55.9 Å². The van der Waals surface area contributed by atoms with Crippen molar-refractivity contribution in [2.45, 2.75) is 18.6 Å². The summed E-state index contributed by atoms with van der Waals surface area (Å²) in [4.78, 5) is 4.18. The van der Waals surface area contributed by atoms with Crippen LogP contribution in [0.2, 0.25) is 0 Å². The van der Waals surface area contributed by atoms with Crippen molar-refractivity contribution in [1.29, 1.82) is 0 Å². The number of imidazole rings is 1. The van der Waals surface area contributed by atoms with Crippen molar-refractivity contribution in [3.63, 3.8) is 0 Å². The average molecular weight is 284 g/mol. The highest BCUT2D eigenvalue weighted by Gasteiger charge is 2.30. The summed E-state index contributed by atoms with van der Waals surface area (Å²) in [5.41, 5.74) is 2.73. The smallest absolute Gasteiger partial charge is 0.337 e. The van der Waals surface area contributed by atoms with Crippen LogP contribution in [-0.2, 0) is 19.6 Å². The summed E-state index contributed by atoms with van der Waals surface area (Å²) in [6.07, 6.45) is -0.429. The minimum atomic E-state index is -4.32. The van der Waals surface area contributed by atoms with Crippen LogP contribution in [0.1, 0.15) is 23.0 Å². The van der Waals surface area contributed by atoms with E-state index < -0.39 is 11.7 Å². The number of benzene rings is 1. The van der Waals surface area contributed by atoms with Gasteiger partial charge in [-0.1, -0.05) is 12.1 Å². The maximum atomic E-state index is 12.5. The highest BCUT2D eigenvalue weighted by molar-refractivity contribution is 5.25. The fourth-order valence-corrected chi connectivity index (χ4v) is 2.00. The second-order valence-electron chi connectivity index (χ2n) is 4.51. The lowest BCUT2D eigenvalue weighted by atomic mass is 10.0. The van der Waals surface area contributed by atoms with E-state index in [4.69, 9.17) is 5.84 Å². The molecule has 0 bridgehead atoms. The summed E-state index contributed by atoms with van der Waals surface area (Å²) in [6, 6.07) is 4.79. The summed E-state index contributed by atoms with van der Waals surface area (Å²) in [5.74, 6) is 6.23. The summed E-state index contributed by atoms with van der Waals surface area (Å²) in [6.45, 7) is 0. The Morgan fingerprint density at radius 2 is 1.95 bits per heavy atom. The van der Waals surface area contributed by atoms with Crippen LogP contribution in [0.4, 0.5) is 13.2 Å². The minimum absolute atomic E-state index is 0.258. The van der Waals surface area contributed by atoms with E-state index in [0.29, 0.717) is 6.42 Å². The van der Waals surface area contributed by atoms with Crippen LogP contribution >= 0.6 is 0 Å². The number of nitrogens with zero attached hydrogens (tertiary/aromatic N) is 2. The van der Waals surface area contributed by atoms with Gasteiger partial charge in [-0.2, -0.15) is 13.2 Å². The average Bonchev–Trinajstić information content (AvgIpc) is 2.82. The number of hydrazine groups is 1. The Kier molecular flexibility index (Phi) is 4.10. The molecule has 0 saturated carbocycles. The van der Waals surface area contributed by atoms with Crippen LogP contribution in [0.15, 0.2) is 36.7 Å². The first kappa shape index (κ1) is 14.5. The van der Waals surface area contributed by atoms with E-state index in [2.05, 4.69) is 10.4 Å². The van der Waals surface area contributed by atoms with E-state index in [1.165, 1.54) is 12.1 Å². The standard InChI is InChI=1S/C13H15F3N4/c1-20-7-6-18-12(20)11(19-17)8-9-2-4-10(5-3-9)13(14,15)16/h2-7,11,19H,8,17H2,1H3. The monoisotopic (exact) mass is 284 g/mol. The van der Waals surface area contributed by atoms with E-state index in [1.807, 2.05) is 11.6 Å². The van der Waals surface area contributed by atoms with Gasteiger partial charge in [-0.3, -0.25) is 5.84 Å². The SMILES string of the molecule is Cn1ccnc1C(Cc1ccc(C(F)(F)F)cc1)NN. The van der Waals surface area contributed by atoms with E-state index in [0.717, 1.165) is 23.5 Å². The highest BCUT2D eigenvalue weighted by Crippen LogP contribution is 2.29. The number of halogens is 3. The van der Waals surface area contributed by atoms with E-state index >= 15 is 0 Å². The quantitative estimate of drug-likeness (QED) is 0.668. The largest absolute Gasteiger partial charge is 0.416 e. The van der Waals surface area contributed by atoms with Gasteiger partial charge in [0.1, 0.15) is 5.82 Å². The Hall–Kier alpha value is -1.86. The number of alkyl halides is 3. The normalized spacial score (nSPS) is 13.4. The van der Waals surface area contributed by atoms with Gasteiger partial charge < -0.3 is 4.57 Å². The summed E-state index contributed by atoms with van der Waals surface area (Å²) in [7, 11) is 1.83. The van der Waals surface area contributed by atoms with E-state index in [-0.39, 0.29) is 6.04 Å². The predicted molar refractivity (Wildman–Crippen MR) is 68.4 cm³/mol. The third-order valence-electron chi connectivity index (χ3n) is 3.09.